The van der Waals surface area contributed by atoms with Gasteiger partial charge in [-0.3, -0.25) is 0 Å². The Balaban J connectivity index is 2.25. The number of aromatic nitrogens is 2. The lowest BCUT2D eigenvalue weighted by Gasteiger charge is -2.25. The highest BCUT2D eigenvalue weighted by Crippen LogP contribution is 2.38. The summed E-state index contributed by atoms with van der Waals surface area (Å²) in [7, 11) is 2.06. The minimum absolute atomic E-state index is 0.473. The van der Waals surface area contributed by atoms with Crippen molar-refractivity contribution >= 4 is 11.6 Å². The van der Waals surface area contributed by atoms with E-state index in [1.54, 1.807) is 0 Å². The highest BCUT2D eigenvalue weighted by Gasteiger charge is 2.27. The summed E-state index contributed by atoms with van der Waals surface area (Å²) in [5, 5.41) is 0. The van der Waals surface area contributed by atoms with Crippen LogP contribution in [0, 0.1) is 0 Å². The van der Waals surface area contributed by atoms with Crippen LogP contribution in [0.5, 0.6) is 0 Å². The maximum absolute atomic E-state index is 5.83. The smallest absolute Gasteiger partial charge is 0.136 e. The summed E-state index contributed by atoms with van der Waals surface area (Å²) >= 11 is 0. The fourth-order valence-corrected chi connectivity index (χ4v) is 1.68. The zero-order valence-electron chi connectivity index (χ0n) is 10.3. The fraction of sp³-hybridized carbons (Fsp3) is 0.667. The van der Waals surface area contributed by atoms with Gasteiger partial charge in [0.05, 0.1) is 0 Å². The van der Waals surface area contributed by atoms with Gasteiger partial charge in [0, 0.05) is 25.1 Å². The van der Waals surface area contributed by atoms with Gasteiger partial charge in [0.15, 0.2) is 0 Å². The van der Waals surface area contributed by atoms with E-state index in [1.165, 1.54) is 12.8 Å². The summed E-state index contributed by atoms with van der Waals surface area (Å²) in [6.45, 7) is 4.36. The van der Waals surface area contributed by atoms with Crippen LogP contribution in [-0.2, 0) is 0 Å². The van der Waals surface area contributed by atoms with Gasteiger partial charge < -0.3 is 10.6 Å². The Bertz CT molecular complexity index is 373. The lowest BCUT2D eigenvalue weighted by molar-refractivity contribution is 0.654. The maximum atomic E-state index is 5.83. The second-order valence-corrected chi connectivity index (χ2v) is 4.65. The fourth-order valence-electron chi connectivity index (χ4n) is 1.68. The van der Waals surface area contributed by atoms with Gasteiger partial charge in [-0.05, 0) is 26.2 Å². The van der Waals surface area contributed by atoms with Crippen LogP contribution in [0.3, 0.4) is 0 Å². The lowest BCUT2D eigenvalue weighted by atomic mass is 10.2. The Morgan fingerprint density at radius 1 is 1.50 bits per heavy atom. The molecule has 1 heterocycles. The molecule has 88 valence electrons. The molecule has 0 radical (unpaired) electrons. The van der Waals surface area contributed by atoms with Crippen molar-refractivity contribution in [3.8, 4) is 0 Å². The van der Waals surface area contributed by atoms with Crippen molar-refractivity contribution in [2.24, 2.45) is 0 Å². The molecule has 1 unspecified atom stereocenters. The third-order valence-electron chi connectivity index (χ3n) is 3.31. The number of nitrogen functional groups attached to an aromatic ring is 1. The van der Waals surface area contributed by atoms with Crippen LogP contribution in [0.15, 0.2) is 6.07 Å². The quantitative estimate of drug-likeness (QED) is 0.845. The van der Waals surface area contributed by atoms with Crippen molar-refractivity contribution in [3.63, 3.8) is 0 Å². The lowest BCUT2D eigenvalue weighted by Crippen LogP contribution is -2.29. The molecule has 1 saturated carbocycles. The Morgan fingerprint density at radius 3 is 2.75 bits per heavy atom. The normalized spacial score (nSPS) is 17.2. The molecule has 1 aromatic rings. The molecule has 1 aromatic heterocycles. The Labute approximate surface area is 96.9 Å². The number of hydrogen-bond acceptors (Lipinski definition) is 4. The number of hydrogen-bond donors (Lipinski definition) is 1. The molecule has 1 fully saturated rings. The highest BCUT2D eigenvalue weighted by molar-refractivity contribution is 5.47. The molecule has 2 rings (SSSR count). The number of nitrogens with two attached hydrogens (primary N) is 1. The highest BCUT2D eigenvalue weighted by atomic mass is 15.2. The Hall–Kier alpha value is -1.32. The molecule has 2 N–H and O–H groups in total. The van der Waals surface area contributed by atoms with E-state index < -0.39 is 0 Å². The van der Waals surface area contributed by atoms with Gasteiger partial charge in [0.25, 0.3) is 0 Å². The molecule has 4 nitrogen and oxygen atoms in total. The molecular formula is C12H20N4. The minimum Gasteiger partial charge on any atom is -0.384 e. The van der Waals surface area contributed by atoms with Gasteiger partial charge in [0.2, 0.25) is 0 Å². The first-order chi connectivity index (χ1) is 7.61. The van der Waals surface area contributed by atoms with Gasteiger partial charge in [-0.2, -0.15) is 0 Å². The Morgan fingerprint density at radius 2 is 2.19 bits per heavy atom. The van der Waals surface area contributed by atoms with E-state index >= 15 is 0 Å². The maximum Gasteiger partial charge on any atom is 0.136 e. The minimum atomic E-state index is 0.473. The van der Waals surface area contributed by atoms with E-state index in [1.807, 2.05) is 6.07 Å². The monoisotopic (exact) mass is 220 g/mol. The average Bonchev–Trinajstić information content (AvgIpc) is 3.10. The van der Waals surface area contributed by atoms with Crippen molar-refractivity contribution in [2.75, 3.05) is 17.7 Å². The van der Waals surface area contributed by atoms with E-state index in [4.69, 9.17) is 5.73 Å². The van der Waals surface area contributed by atoms with E-state index in [-0.39, 0.29) is 0 Å². The zero-order chi connectivity index (χ0) is 11.7. The van der Waals surface area contributed by atoms with Gasteiger partial charge in [0.1, 0.15) is 17.5 Å². The number of anilines is 2. The topological polar surface area (TPSA) is 55.0 Å². The molecule has 0 bridgehead atoms. The SMILES string of the molecule is CCC(C)N(C)c1cc(N)nc(C2CC2)n1. The molecule has 0 aromatic carbocycles. The van der Waals surface area contributed by atoms with Crippen molar-refractivity contribution in [1.82, 2.24) is 9.97 Å². The average molecular weight is 220 g/mol. The molecule has 0 saturated heterocycles. The molecule has 0 amide bonds. The van der Waals surface area contributed by atoms with E-state index in [0.29, 0.717) is 17.8 Å². The summed E-state index contributed by atoms with van der Waals surface area (Å²) in [6.07, 6.45) is 3.51. The predicted molar refractivity (Wildman–Crippen MR) is 66.6 cm³/mol. The molecule has 1 aliphatic rings. The van der Waals surface area contributed by atoms with E-state index in [9.17, 15) is 0 Å². The van der Waals surface area contributed by atoms with Crippen LogP contribution < -0.4 is 10.6 Å². The second-order valence-electron chi connectivity index (χ2n) is 4.65. The van der Waals surface area contributed by atoms with Crippen LogP contribution in [0.25, 0.3) is 0 Å². The molecule has 0 aliphatic heterocycles. The standard InChI is InChI=1S/C12H20N4/c1-4-8(2)16(3)11-7-10(13)14-12(15-11)9-5-6-9/h7-9H,4-6H2,1-3H3,(H2,13,14,15). The van der Waals surface area contributed by atoms with Crippen LogP contribution in [0.4, 0.5) is 11.6 Å². The molecular weight excluding hydrogens is 200 g/mol. The van der Waals surface area contributed by atoms with Crippen LogP contribution in [0.2, 0.25) is 0 Å². The second kappa shape index (κ2) is 4.28. The molecule has 1 aliphatic carbocycles. The van der Waals surface area contributed by atoms with Crippen LogP contribution >= 0.6 is 0 Å². The van der Waals surface area contributed by atoms with Gasteiger partial charge >= 0.3 is 0 Å². The first kappa shape index (κ1) is 11.2. The van der Waals surface area contributed by atoms with Crippen molar-refractivity contribution < 1.29 is 0 Å². The van der Waals surface area contributed by atoms with Gasteiger partial charge in [-0.1, -0.05) is 6.92 Å². The van der Waals surface area contributed by atoms with Crippen LogP contribution in [-0.4, -0.2) is 23.1 Å². The first-order valence-corrected chi connectivity index (χ1v) is 5.99. The van der Waals surface area contributed by atoms with E-state index in [0.717, 1.165) is 18.1 Å². The molecule has 16 heavy (non-hydrogen) atoms. The summed E-state index contributed by atoms with van der Waals surface area (Å²) in [5.74, 6) is 3.00. The third-order valence-corrected chi connectivity index (χ3v) is 3.31. The van der Waals surface area contributed by atoms with Crippen molar-refractivity contribution in [1.29, 1.82) is 0 Å². The Kier molecular flexibility index (Phi) is 2.99. The number of rotatable bonds is 4. The zero-order valence-corrected chi connectivity index (χ0v) is 10.3. The summed E-state index contributed by atoms with van der Waals surface area (Å²) in [5.41, 5.74) is 5.83. The molecule has 1 atom stereocenters. The summed E-state index contributed by atoms with van der Waals surface area (Å²) in [4.78, 5) is 11.1. The third kappa shape index (κ3) is 2.26. The first-order valence-electron chi connectivity index (χ1n) is 5.99. The largest absolute Gasteiger partial charge is 0.384 e. The predicted octanol–water partition coefficient (Wildman–Crippen LogP) is 2.17. The summed E-state index contributed by atoms with van der Waals surface area (Å²) in [6, 6.07) is 2.33. The van der Waals surface area contributed by atoms with Gasteiger partial charge in [-0.15, -0.1) is 0 Å². The van der Waals surface area contributed by atoms with Crippen LogP contribution in [0.1, 0.15) is 44.9 Å². The number of nitrogens with zero attached hydrogens (tertiary/aromatic N) is 3. The van der Waals surface area contributed by atoms with Crippen molar-refractivity contribution in [3.05, 3.63) is 11.9 Å². The molecule has 4 heteroatoms. The molecule has 0 spiro atoms. The van der Waals surface area contributed by atoms with E-state index in [2.05, 4.69) is 35.8 Å². The summed E-state index contributed by atoms with van der Waals surface area (Å²) < 4.78 is 0. The van der Waals surface area contributed by atoms with Gasteiger partial charge in [-0.25, -0.2) is 9.97 Å². The van der Waals surface area contributed by atoms with Crippen molar-refractivity contribution in [2.45, 2.75) is 45.1 Å².